The van der Waals surface area contributed by atoms with Crippen LogP contribution in [0.3, 0.4) is 0 Å². The molecule has 1 aromatic rings. The first-order valence-electron chi connectivity index (χ1n) is 6.37. The molecule has 18 heavy (non-hydrogen) atoms. The quantitative estimate of drug-likeness (QED) is 0.855. The zero-order valence-electron chi connectivity index (χ0n) is 10.7. The topological polar surface area (TPSA) is 32.3 Å². The SMILES string of the molecule is CN(CCc1ccc(Cl)cc1)C(=O)CNC1CC1. The van der Waals surface area contributed by atoms with Crippen molar-refractivity contribution in [2.75, 3.05) is 20.1 Å². The fraction of sp³-hybridized carbons (Fsp3) is 0.500. The summed E-state index contributed by atoms with van der Waals surface area (Å²) >= 11 is 5.83. The molecule has 0 aliphatic heterocycles. The molecule has 0 heterocycles. The molecule has 1 amide bonds. The number of halogens is 1. The highest BCUT2D eigenvalue weighted by atomic mass is 35.5. The van der Waals surface area contributed by atoms with Crippen molar-refractivity contribution in [3.8, 4) is 0 Å². The highest BCUT2D eigenvalue weighted by Crippen LogP contribution is 2.18. The highest BCUT2D eigenvalue weighted by Gasteiger charge is 2.21. The Hall–Kier alpha value is -1.06. The van der Waals surface area contributed by atoms with Crippen LogP contribution in [-0.2, 0) is 11.2 Å². The number of nitrogens with zero attached hydrogens (tertiary/aromatic N) is 1. The van der Waals surface area contributed by atoms with Gasteiger partial charge in [0.15, 0.2) is 0 Å². The van der Waals surface area contributed by atoms with Crippen LogP contribution in [0, 0.1) is 0 Å². The predicted octanol–water partition coefficient (Wildman–Crippen LogP) is 2.09. The molecule has 0 unspecified atom stereocenters. The van der Waals surface area contributed by atoms with Gasteiger partial charge >= 0.3 is 0 Å². The lowest BCUT2D eigenvalue weighted by Gasteiger charge is -2.17. The van der Waals surface area contributed by atoms with Crippen LogP contribution in [0.4, 0.5) is 0 Å². The maximum atomic E-state index is 11.8. The first-order chi connectivity index (χ1) is 8.65. The van der Waals surface area contributed by atoms with E-state index in [0.29, 0.717) is 12.6 Å². The predicted molar refractivity (Wildman–Crippen MR) is 73.8 cm³/mol. The van der Waals surface area contributed by atoms with E-state index in [0.717, 1.165) is 18.0 Å². The molecule has 1 aliphatic carbocycles. The first kappa shape index (κ1) is 13.4. The second kappa shape index (κ2) is 6.21. The van der Waals surface area contributed by atoms with Gasteiger partial charge in [-0.05, 0) is 37.0 Å². The number of benzene rings is 1. The van der Waals surface area contributed by atoms with Crippen LogP contribution in [0.5, 0.6) is 0 Å². The summed E-state index contributed by atoms with van der Waals surface area (Å²) in [5.41, 5.74) is 1.20. The Morgan fingerprint density at radius 3 is 2.67 bits per heavy atom. The number of rotatable bonds is 6. The van der Waals surface area contributed by atoms with Gasteiger partial charge in [-0.25, -0.2) is 0 Å². The van der Waals surface area contributed by atoms with E-state index < -0.39 is 0 Å². The van der Waals surface area contributed by atoms with Crippen molar-refractivity contribution in [3.05, 3.63) is 34.9 Å². The maximum Gasteiger partial charge on any atom is 0.236 e. The largest absolute Gasteiger partial charge is 0.344 e. The van der Waals surface area contributed by atoms with E-state index in [-0.39, 0.29) is 5.91 Å². The van der Waals surface area contributed by atoms with Crippen LogP contribution in [0.2, 0.25) is 5.02 Å². The number of hydrogen-bond acceptors (Lipinski definition) is 2. The molecule has 0 atom stereocenters. The van der Waals surface area contributed by atoms with Gasteiger partial charge in [0.1, 0.15) is 0 Å². The maximum absolute atomic E-state index is 11.8. The van der Waals surface area contributed by atoms with Crippen LogP contribution in [-0.4, -0.2) is 37.0 Å². The standard InChI is InChI=1S/C14H19ClN2O/c1-17(14(18)10-16-13-6-7-13)9-8-11-2-4-12(15)5-3-11/h2-5,13,16H,6-10H2,1H3. The Morgan fingerprint density at radius 2 is 2.06 bits per heavy atom. The van der Waals surface area contributed by atoms with Crippen molar-refractivity contribution >= 4 is 17.5 Å². The lowest BCUT2D eigenvalue weighted by atomic mass is 10.1. The Bertz CT molecular complexity index is 401. The fourth-order valence-corrected chi connectivity index (χ4v) is 1.85. The van der Waals surface area contributed by atoms with Crippen LogP contribution in [0.15, 0.2) is 24.3 Å². The number of nitrogens with one attached hydrogen (secondary N) is 1. The van der Waals surface area contributed by atoms with E-state index in [1.807, 2.05) is 31.3 Å². The van der Waals surface area contributed by atoms with Gasteiger partial charge in [0.25, 0.3) is 0 Å². The summed E-state index contributed by atoms with van der Waals surface area (Å²) in [6.07, 6.45) is 3.28. The summed E-state index contributed by atoms with van der Waals surface area (Å²) < 4.78 is 0. The van der Waals surface area contributed by atoms with Crippen molar-refractivity contribution in [2.45, 2.75) is 25.3 Å². The van der Waals surface area contributed by atoms with E-state index in [4.69, 9.17) is 11.6 Å². The summed E-state index contributed by atoms with van der Waals surface area (Å²) in [5, 5.41) is 3.98. The molecule has 1 N–H and O–H groups in total. The molecule has 3 nitrogen and oxygen atoms in total. The van der Waals surface area contributed by atoms with Crippen molar-refractivity contribution in [1.82, 2.24) is 10.2 Å². The Labute approximate surface area is 113 Å². The molecular weight excluding hydrogens is 248 g/mol. The van der Waals surface area contributed by atoms with E-state index in [1.54, 1.807) is 4.90 Å². The summed E-state index contributed by atoms with van der Waals surface area (Å²) in [4.78, 5) is 13.6. The zero-order valence-corrected chi connectivity index (χ0v) is 11.4. The molecular formula is C14H19ClN2O. The molecule has 0 aromatic heterocycles. The summed E-state index contributed by atoms with van der Waals surface area (Å²) in [6, 6.07) is 8.35. The van der Waals surface area contributed by atoms with Crippen molar-refractivity contribution < 1.29 is 4.79 Å². The molecule has 1 saturated carbocycles. The number of amides is 1. The summed E-state index contributed by atoms with van der Waals surface area (Å²) in [7, 11) is 1.85. The van der Waals surface area contributed by atoms with Gasteiger partial charge in [0.2, 0.25) is 5.91 Å². The van der Waals surface area contributed by atoms with Crippen molar-refractivity contribution in [1.29, 1.82) is 0 Å². The fourth-order valence-electron chi connectivity index (χ4n) is 1.73. The number of carbonyl (C=O) groups is 1. The van der Waals surface area contributed by atoms with Gasteiger partial charge in [0.05, 0.1) is 6.54 Å². The number of carbonyl (C=O) groups excluding carboxylic acids is 1. The first-order valence-corrected chi connectivity index (χ1v) is 6.75. The lowest BCUT2D eigenvalue weighted by molar-refractivity contribution is -0.128. The van der Waals surface area contributed by atoms with Gasteiger partial charge in [0, 0.05) is 24.7 Å². The minimum absolute atomic E-state index is 0.163. The molecule has 0 radical (unpaired) electrons. The molecule has 1 fully saturated rings. The summed E-state index contributed by atoms with van der Waals surface area (Å²) in [6.45, 7) is 1.20. The van der Waals surface area contributed by atoms with Gasteiger partial charge in [-0.15, -0.1) is 0 Å². The lowest BCUT2D eigenvalue weighted by Crippen LogP contribution is -2.37. The third kappa shape index (κ3) is 4.31. The van der Waals surface area contributed by atoms with Crippen LogP contribution >= 0.6 is 11.6 Å². The van der Waals surface area contributed by atoms with E-state index in [9.17, 15) is 4.79 Å². The average Bonchev–Trinajstić information content (AvgIpc) is 3.19. The molecule has 4 heteroatoms. The monoisotopic (exact) mass is 266 g/mol. The normalized spacial score (nSPS) is 14.6. The molecule has 2 rings (SSSR count). The molecule has 0 bridgehead atoms. The van der Waals surface area contributed by atoms with Gasteiger partial charge in [-0.2, -0.15) is 0 Å². The molecule has 98 valence electrons. The highest BCUT2D eigenvalue weighted by molar-refractivity contribution is 6.30. The Balaban J connectivity index is 1.70. The van der Waals surface area contributed by atoms with E-state index in [2.05, 4.69) is 5.32 Å². The molecule has 1 aromatic carbocycles. The zero-order chi connectivity index (χ0) is 13.0. The minimum atomic E-state index is 0.163. The second-order valence-electron chi connectivity index (χ2n) is 4.85. The van der Waals surface area contributed by atoms with E-state index >= 15 is 0 Å². The van der Waals surface area contributed by atoms with Crippen molar-refractivity contribution in [2.24, 2.45) is 0 Å². The Morgan fingerprint density at radius 1 is 1.39 bits per heavy atom. The average molecular weight is 267 g/mol. The van der Waals surface area contributed by atoms with Crippen LogP contribution in [0.25, 0.3) is 0 Å². The molecule has 0 saturated heterocycles. The molecule has 0 spiro atoms. The third-order valence-corrected chi connectivity index (χ3v) is 3.45. The van der Waals surface area contributed by atoms with E-state index in [1.165, 1.54) is 18.4 Å². The number of likely N-dealkylation sites (N-methyl/N-ethyl adjacent to an activating group) is 1. The second-order valence-corrected chi connectivity index (χ2v) is 5.28. The van der Waals surface area contributed by atoms with Crippen molar-refractivity contribution in [3.63, 3.8) is 0 Å². The van der Waals surface area contributed by atoms with Crippen LogP contribution in [0.1, 0.15) is 18.4 Å². The van der Waals surface area contributed by atoms with Gasteiger partial charge in [-0.3, -0.25) is 4.79 Å². The third-order valence-electron chi connectivity index (χ3n) is 3.19. The van der Waals surface area contributed by atoms with Gasteiger partial charge < -0.3 is 10.2 Å². The summed E-state index contributed by atoms with van der Waals surface area (Å²) in [5.74, 6) is 0.163. The van der Waals surface area contributed by atoms with Crippen LogP contribution < -0.4 is 5.32 Å². The number of hydrogen-bond donors (Lipinski definition) is 1. The van der Waals surface area contributed by atoms with Gasteiger partial charge in [-0.1, -0.05) is 23.7 Å². The minimum Gasteiger partial charge on any atom is -0.344 e. The Kier molecular flexibility index (Phi) is 4.61. The molecule has 1 aliphatic rings. The smallest absolute Gasteiger partial charge is 0.236 e.